The second-order valence-corrected chi connectivity index (χ2v) is 6.99. The van der Waals surface area contributed by atoms with E-state index in [1.165, 1.54) is 16.0 Å². The van der Waals surface area contributed by atoms with E-state index < -0.39 is 0 Å². The molecule has 1 amide bonds. The molecular weight excluding hydrogens is 318 g/mol. The summed E-state index contributed by atoms with van der Waals surface area (Å²) in [5.41, 5.74) is 4.50. The van der Waals surface area contributed by atoms with Crippen molar-refractivity contribution >= 4 is 28.7 Å². The van der Waals surface area contributed by atoms with Gasteiger partial charge in [0, 0.05) is 17.1 Å². The summed E-state index contributed by atoms with van der Waals surface area (Å²) < 4.78 is 0. The number of amides is 1. The van der Waals surface area contributed by atoms with Crippen LogP contribution >= 0.6 is 11.8 Å². The van der Waals surface area contributed by atoms with E-state index in [-0.39, 0.29) is 5.91 Å². The fourth-order valence-electron chi connectivity index (χ4n) is 2.43. The monoisotopic (exact) mass is 339 g/mol. The summed E-state index contributed by atoms with van der Waals surface area (Å²) >= 11 is 1.71. The van der Waals surface area contributed by atoms with Crippen LogP contribution in [-0.4, -0.2) is 21.6 Å². The van der Waals surface area contributed by atoms with Crippen LogP contribution in [0.25, 0.3) is 11.0 Å². The highest BCUT2D eigenvalue weighted by molar-refractivity contribution is 7.99. The standard InChI is InChI=1S/C19H21N3OS/c1-13-7-8-15(11-14(13)2)24-10-9-19(23)20-12-18-21-16-5-3-4-6-17(16)22-18/h3-8,11H,9-10,12H2,1-2H3,(H,20,23)(H,21,22). The topological polar surface area (TPSA) is 57.8 Å². The van der Waals surface area contributed by atoms with E-state index in [1.54, 1.807) is 11.8 Å². The zero-order chi connectivity index (χ0) is 16.9. The van der Waals surface area contributed by atoms with Crippen LogP contribution in [0.1, 0.15) is 23.4 Å². The molecule has 0 aliphatic carbocycles. The fourth-order valence-corrected chi connectivity index (χ4v) is 3.37. The van der Waals surface area contributed by atoms with Crippen molar-refractivity contribution in [3.63, 3.8) is 0 Å². The SMILES string of the molecule is Cc1ccc(SCCC(=O)NCc2nc3ccccc3[nH]2)cc1C. The molecule has 4 nitrogen and oxygen atoms in total. The molecule has 0 fully saturated rings. The molecule has 2 N–H and O–H groups in total. The Hall–Kier alpha value is -2.27. The molecule has 0 saturated carbocycles. The zero-order valence-electron chi connectivity index (χ0n) is 13.9. The lowest BCUT2D eigenvalue weighted by molar-refractivity contribution is -0.120. The minimum absolute atomic E-state index is 0.0480. The minimum atomic E-state index is 0.0480. The van der Waals surface area contributed by atoms with Crippen LogP contribution in [0, 0.1) is 13.8 Å². The number of benzene rings is 2. The Morgan fingerprint density at radius 1 is 1.17 bits per heavy atom. The summed E-state index contributed by atoms with van der Waals surface area (Å²) in [7, 11) is 0. The molecule has 0 radical (unpaired) electrons. The highest BCUT2D eigenvalue weighted by atomic mass is 32.2. The number of para-hydroxylation sites is 2. The number of aromatic nitrogens is 2. The maximum Gasteiger partial charge on any atom is 0.221 e. The normalized spacial score (nSPS) is 10.9. The smallest absolute Gasteiger partial charge is 0.221 e. The van der Waals surface area contributed by atoms with E-state index in [2.05, 4.69) is 47.3 Å². The van der Waals surface area contributed by atoms with Crippen molar-refractivity contribution in [2.75, 3.05) is 5.75 Å². The first-order valence-electron chi connectivity index (χ1n) is 8.02. The van der Waals surface area contributed by atoms with Gasteiger partial charge in [0.05, 0.1) is 17.6 Å². The molecule has 0 unspecified atom stereocenters. The second-order valence-electron chi connectivity index (χ2n) is 5.82. The molecule has 0 aliphatic rings. The third-order valence-electron chi connectivity index (χ3n) is 3.97. The summed E-state index contributed by atoms with van der Waals surface area (Å²) in [6.07, 6.45) is 0.498. The molecule has 124 valence electrons. The van der Waals surface area contributed by atoms with E-state index in [9.17, 15) is 4.79 Å². The van der Waals surface area contributed by atoms with Crippen molar-refractivity contribution in [3.8, 4) is 0 Å². The summed E-state index contributed by atoms with van der Waals surface area (Å²) in [6.45, 7) is 4.65. The third-order valence-corrected chi connectivity index (χ3v) is 4.96. The first kappa shape index (κ1) is 16.6. The molecule has 0 spiro atoms. The number of aromatic amines is 1. The van der Waals surface area contributed by atoms with Gasteiger partial charge < -0.3 is 10.3 Å². The zero-order valence-corrected chi connectivity index (χ0v) is 14.7. The Labute approximate surface area is 146 Å². The average molecular weight is 339 g/mol. The van der Waals surface area contributed by atoms with Crippen LogP contribution in [0.4, 0.5) is 0 Å². The number of nitrogens with zero attached hydrogens (tertiary/aromatic N) is 1. The molecular formula is C19H21N3OS. The molecule has 1 heterocycles. The number of hydrogen-bond acceptors (Lipinski definition) is 3. The molecule has 5 heteroatoms. The number of hydrogen-bond donors (Lipinski definition) is 2. The van der Waals surface area contributed by atoms with Crippen molar-refractivity contribution in [2.24, 2.45) is 0 Å². The Bertz CT molecular complexity index is 824. The van der Waals surface area contributed by atoms with Gasteiger partial charge in [-0.1, -0.05) is 18.2 Å². The van der Waals surface area contributed by atoms with Gasteiger partial charge in [0.1, 0.15) is 5.82 Å². The van der Waals surface area contributed by atoms with Crippen LogP contribution in [0.3, 0.4) is 0 Å². The van der Waals surface area contributed by atoms with Crippen LogP contribution in [0.2, 0.25) is 0 Å². The fraction of sp³-hybridized carbons (Fsp3) is 0.263. The van der Waals surface area contributed by atoms with Gasteiger partial charge in [-0.3, -0.25) is 4.79 Å². The van der Waals surface area contributed by atoms with E-state index in [0.29, 0.717) is 13.0 Å². The van der Waals surface area contributed by atoms with Gasteiger partial charge in [-0.05, 0) is 49.2 Å². The number of H-pyrrole nitrogens is 1. The van der Waals surface area contributed by atoms with E-state index >= 15 is 0 Å². The van der Waals surface area contributed by atoms with Crippen molar-refractivity contribution in [3.05, 3.63) is 59.4 Å². The first-order chi connectivity index (χ1) is 11.6. The van der Waals surface area contributed by atoms with E-state index in [1.807, 2.05) is 24.3 Å². The first-order valence-corrected chi connectivity index (χ1v) is 9.01. The highest BCUT2D eigenvalue weighted by Gasteiger charge is 2.06. The third kappa shape index (κ3) is 4.17. The largest absolute Gasteiger partial charge is 0.349 e. The quantitative estimate of drug-likeness (QED) is 0.668. The van der Waals surface area contributed by atoms with E-state index in [0.717, 1.165) is 22.6 Å². The van der Waals surface area contributed by atoms with Crippen molar-refractivity contribution in [1.82, 2.24) is 15.3 Å². The lowest BCUT2D eigenvalue weighted by Crippen LogP contribution is -2.23. The number of carbonyl (C=O) groups excluding carboxylic acids is 1. The highest BCUT2D eigenvalue weighted by Crippen LogP contribution is 2.21. The van der Waals surface area contributed by atoms with Gasteiger partial charge >= 0.3 is 0 Å². The molecule has 0 bridgehead atoms. The molecule has 0 saturated heterocycles. The molecule has 2 aromatic carbocycles. The number of carbonyl (C=O) groups is 1. The van der Waals surface area contributed by atoms with Gasteiger partial charge in [-0.2, -0.15) is 0 Å². The molecule has 3 aromatic rings. The summed E-state index contributed by atoms with van der Waals surface area (Å²) in [5, 5.41) is 2.92. The van der Waals surface area contributed by atoms with Crippen LogP contribution in [-0.2, 0) is 11.3 Å². The van der Waals surface area contributed by atoms with Crippen LogP contribution in [0.5, 0.6) is 0 Å². The lowest BCUT2D eigenvalue weighted by Gasteiger charge is -2.06. The molecule has 0 atom stereocenters. The number of fused-ring (bicyclic) bond motifs is 1. The minimum Gasteiger partial charge on any atom is -0.349 e. The van der Waals surface area contributed by atoms with Crippen LogP contribution in [0.15, 0.2) is 47.4 Å². The van der Waals surface area contributed by atoms with Gasteiger partial charge in [0.2, 0.25) is 5.91 Å². The average Bonchev–Trinajstić information content (AvgIpc) is 2.99. The Kier molecular flexibility index (Phi) is 5.20. The number of thioether (sulfide) groups is 1. The lowest BCUT2D eigenvalue weighted by atomic mass is 10.1. The summed E-state index contributed by atoms with van der Waals surface area (Å²) in [6, 6.07) is 14.3. The Morgan fingerprint density at radius 3 is 2.79 bits per heavy atom. The Morgan fingerprint density at radius 2 is 2.00 bits per heavy atom. The molecule has 3 rings (SSSR count). The maximum absolute atomic E-state index is 12.0. The predicted molar refractivity (Wildman–Crippen MR) is 99.2 cm³/mol. The number of aryl methyl sites for hydroxylation is 2. The Balaban J connectivity index is 1.44. The second kappa shape index (κ2) is 7.53. The van der Waals surface area contributed by atoms with Crippen LogP contribution < -0.4 is 5.32 Å². The van der Waals surface area contributed by atoms with Crippen molar-refractivity contribution < 1.29 is 4.79 Å². The molecule has 1 aromatic heterocycles. The predicted octanol–water partition coefficient (Wildman–Crippen LogP) is 3.98. The number of imidazole rings is 1. The van der Waals surface area contributed by atoms with Gasteiger partial charge in [-0.25, -0.2) is 4.98 Å². The van der Waals surface area contributed by atoms with Crippen molar-refractivity contribution in [2.45, 2.75) is 31.7 Å². The number of nitrogens with one attached hydrogen (secondary N) is 2. The molecule has 0 aliphatic heterocycles. The van der Waals surface area contributed by atoms with Gasteiger partial charge in [0.25, 0.3) is 0 Å². The summed E-state index contributed by atoms with van der Waals surface area (Å²) in [4.78, 5) is 20.9. The number of rotatable bonds is 6. The van der Waals surface area contributed by atoms with Gasteiger partial charge in [0.15, 0.2) is 0 Å². The maximum atomic E-state index is 12.0. The summed E-state index contributed by atoms with van der Waals surface area (Å²) in [5.74, 6) is 1.60. The van der Waals surface area contributed by atoms with Crippen molar-refractivity contribution in [1.29, 1.82) is 0 Å². The van der Waals surface area contributed by atoms with Gasteiger partial charge in [-0.15, -0.1) is 11.8 Å². The molecule has 24 heavy (non-hydrogen) atoms. The van der Waals surface area contributed by atoms with E-state index in [4.69, 9.17) is 0 Å².